The fraction of sp³-hybridized carbons (Fsp3) is 0.143. The summed E-state index contributed by atoms with van der Waals surface area (Å²) in [5, 5.41) is 0. The topological polar surface area (TPSA) is 49.4 Å². The molecule has 134 valence electrons. The number of anilines is 2. The molecule has 0 unspecified atom stereocenters. The van der Waals surface area contributed by atoms with Crippen molar-refractivity contribution in [3.63, 3.8) is 0 Å². The Balaban J connectivity index is 1.87. The van der Waals surface area contributed by atoms with Crippen molar-refractivity contribution in [3.8, 4) is 11.1 Å². The van der Waals surface area contributed by atoms with E-state index in [9.17, 15) is 8.42 Å². The molecule has 0 aromatic heterocycles. The minimum absolute atomic E-state index is 0.243. The van der Waals surface area contributed by atoms with E-state index < -0.39 is 10.0 Å². The van der Waals surface area contributed by atoms with Crippen molar-refractivity contribution >= 4 is 21.4 Å². The average molecular weight is 366 g/mol. The largest absolute Gasteiger partial charge is 0.378 e. The molecule has 3 aromatic carbocycles. The van der Waals surface area contributed by atoms with Crippen LogP contribution in [-0.4, -0.2) is 22.5 Å². The van der Waals surface area contributed by atoms with Gasteiger partial charge >= 0.3 is 0 Å². The third-order valence-electron chi connectivity index (χ3n) is 4.17. The van der Waals surface area contributed by atoms with Crippen molar-refractivity contribution in [2.75, 3.05) is 23.7 Å². The summed E-state index contributed by atoms with van der Waals surface area (Å²) in [5.74, 6) is 0. The lowest BCUT2D eigenvalue weighted by molar-refractivity contribution is 0.601. The van der Waals surface area contributed by atoms with Gasteiger partial charge in [0, 0.05) is 25.5 Å². The first-order valence-electron chi connectivity index (χ1n) is 8.32. The Morgan fingerprint density at radius 2 is 1.46 bits per heavy atom. The highest BCUT2D eigenvalue weighted by Gasteiger charge is 2.15. The molecule has 0 amide bonds. The van der Waals surface area contributed by atoms with Crippen molar-refractivity contribution < 1.29 is 8.42 Å². The number of aryl methyl sites for hydroxylation is 1. The number of hydrogen-bond donors (Lipinski definition) is 1. The smallest absolute Gasteiger partial charge is 0.261 e. The molecule has 0 aliphatic carbocycles. The van der Waals surface area contributed by atoms with Crippen LogP contribution in [0.25, 0.3) is 11.1 Å². The van der Waals surface area contributed by atoms with E-state index >= 15 is 0 Å². The summed E-state index contributed by atoms with van der Waals surface area (Å²) < 4.78 is 28.1. The summed E-state index contributed by atoms with van der Waals surface area (Å²) in [6.07, 6.45) is 0. The summed E-state index contributed by atoms with van der Waals surface area (Å²) in [7, 11) is 0.232. The molecule has 0 saturated carbocycles. The molecule has 0 bridgehead atoms. The van der Waals surface area contributed by atoms with Crippen LogP contribution >= 0.6 is 0 Å². The van der Waals surface area contributed by atoms with Gasteiger partial charge in [0.2, 0.25) is 0 Å². The van der Waals surface area contributed by atoms with E-state index in [2.05, 4.69) is 4.72 Å². The Labute approximate surface area is 155 Å². The van der Waals surface area contributed by atoms with Crippen LogP contribution in [0.1, 0.15) is 5.56 Å². The van der Waals surface area contributed by atoms with E-state index in [0.717, 1.165) is 16.8 Å². The summed E-state index contributed by atoms with van der Waals surface area (Å²) in [4.78, 5) is 2.20. The molecule has 0 heterocycles. The van der Waals surface area contributed by atoms with Crippen LogP contribution in [0.4, 0.5) is 11.4 Å². The van der Waals surface area contributed by atoms with Crippen molar-refractivity contribution in [1.82, 2.24) is 0 Å². The lowest BCUT2D eigenvalue weighted by Gasteiger charge is -2.14. The Bertz CT molecular complexity index is 993. The lowest BCUT2D eigenvalue weighted by atomic mass is 10.0. The highest BCUT2D eigenvalue weighted by atomic mass is 32.2. The first-order valence-corrected chi connectivity index (χ1v) is 9.81. The zero-order chi connectivity index (χ0) is 18.7. The van der Waals surface area contributed by atoms with Crippen LogP contribution in [-0.2, 0) is 10.0 Å². The van der Waals surface area contributed by atoms with Gasteiger partial charge in [-0.25, -0.2) is 8.42 Å². The molecule has 0 aliphatic rings. The fourth-order valence-corrected chi connectivity index (χ4v) is 3.73. The zero-order valence-corrected chi connectivity index (χ0v) is 15.9. The first-order chi connectivity index (χ1) is 12.3. The van der Waals surface area contributed by atoms with Gasteiger partial charge in [-0.2, -0.15) is 0 Å². The van der Waals surface area contributed by atoms with Crippen LogP contribution in [0.2, 0.25) is 0 Å². The first kappa shape index (κ1) is 18.0. The van der Waals surface area contributed by atoms with Gasteiger partial charge in [0.05, 0.1) is 4.90 Å². The number of benzene rings is 3. The highest BCUT2D eigenvalue weighted by Crippen LogP contribution is 2.25. The Hall–Kier alpha value is -2.79. The highest BCUT2D eigenvalue weighted by molar-refractivity contribution is 7.92. The average Bonchev–Trinajstić information content (AvgIpc) is 2.62. The third kappa shape index (κ3) is 4.06. The second kappa shape index (κ2) is 7.22. The molecule has 0 saturated heterocycles. The van der Waals surface area contributed by atoms with Gasteiger partial charge in [-0.1, -0.05) is 42.0 Å². The van der Waals surface area contributed by atoms with E-state index in [4.69, 9.17) is 0 Å². The third-order valence-corrected chi connectivity index (χ3v) is 5.54. The van der Waals surface area contributed by atoms with E-state index in [1.165, 1.54) is 5.56 Å². The molecule has 0 aliphatic heterocycles. The lowest BCUT2D eigenvalue weighted by Crippen LogP contribution is -2.13. The van der Waals surface area contributed by atoms with Gasteiger partial charge in [-0.15, -0.1) is 0 Å². The molecule has 0 fully saturated rings. The fourth-order valence-electron chi connectivity index (χ4n) is 2.63. The number of nitrogens with zero attached hydrogens (tertiary/aromatic N) is 1. The summed E-state index contributed by atoms with van der Waals surface area (Å²) >= 11 is 0. The van der Waals surface area contributed by atoms with Crippen LogP contribution in [0.3, 0.4) is 0 Å². The number of hydrogen-bond acceptors (Lipinski definition) is 3. The summed E-state index contributed by atoms with van der Waals surface area (Å²) in [5.41, 5.74) is 4.57. The molecule has 4 nitrogen and oxygen atoms in total. The Morgan fingerprint density at radius 3 is 2.08 bits per heavy atom. The molecule has 1 N–H and O–H groups in total. The van der Waals surface area contributed by atoms with Gasteiger partial charge < -0.3 is 4.90 Å². The maximum Gasteiger partial charge on any atom is 0.261 e. The molecular weight excluding hydrogens is 344 g/mol. The quantitative estimate of drug-likeness (QED) is 0.722. The van der Waals surface area contributed by atoms with Gasteiger partial charge in [0.25, 0.3) is 10.0 Å². The van der Waals surface area contributed by atoms with Crippen molar-refractivity contribution in [1.29, 1.82) is 0 Å². The monoisotopic (exact) mass is 366 g/mol. The van der Waals surface area contributed by atoms with E-state index in [1.807, 2.05) is 68.4 Å². The molecule has 0 atom stereocenters. The molecule has 26 heavy (non-hydrogen) atoms. The van der Waals surface area contributed by atoms with Crippen LogP contribution < -0.4 is 9.62 Å². The van der Waals surface area contributed by atoms with Gasteiger partial charge in [-0.05, 0) is 54.4 Å². The minimum Gasteiger partial charge on any atom is -0.378 e. The van der Waals surface area contributed by atoms with Gasteiger partial charge in [-0.3, -0.25) is 4.72 Å². The predicted molar refractivity (Wildman–Crippen MR) is 108 cm³/mol. The summed E-state index contributed by atoms with van der Waals surface area (Å²) in [6.45, 7) is 2.02. The van der Waals surface area contributed by atoms with Crippen LogP contribution in [0, 0.1) is 6.92 Å². The van der Waals surface area contributed by atoms with E-state index in [1.54, 1.807) is 30.3 Å². The SMILES string of the molecule is Cc1ccc(-c2cccc(S(=O)(=O)Nc3ccc(N(C)C)cc3)c2)cc1. The molecule has 5 heteroatoms. The Morgan fingerprint density at radius 1 is 0.808 bits per heavy atom. The van der Waals surface area contributed by atoms with Crippen molar-refractivity contribution in [3.05, 3.63) is 78.4 Å². The number of rotatable bonds is 5. The van der Waals surface area contributed by atoms with Gasteiger partial charge in [0.1, 0.15) is 0 Å². The van der Waals surface area contributed by atoms with Crippen molar-refractivity contribution in [2.24, 2.45) is 0 Å². The standard InChI is InChI=1S/C21H22N2O2S/c1-16-7-9-17(10-8-16)18-5-4-6-21(15-18)26(24,25)22-19-11-13-20(14-12-19)23(2)3/h4-15,22H,1-3H3. The second-order valence-electron chi connectivity index (χ2n) is 6.44. The molecule has 3 aromatic rings. The normalized spacial score (nSPS) is 11.2. The molecule has 0 radical (unpaired) electrons. The van der Waals surface area contributed by atoms with Crippen LogP contribution in [0.5, 0.6) is 0 Å². The number of nitrogens with one attached hydrogen (secondary N) is 1. The van der Waals surface area contributed by atoms with Crippen molar-refractivity contribution in [2.45, 2.75) is 11.8 Å². The summed E-state index contributed by atoms with van der Waals surface area (Å²) in [6, 6.07) is 22.3. The number of sulfonamides is 1. The predicted octanol–water partition coefficient (Wildman–Crippen LogP) is 4.53. The minimum atomic E-state index is -3.65. The maximum absolute atomic E-state index is 12.7. The van der Waals surface area contributed by atoms with Crippen LogP contribution in [0.15, 0.2) is 77.7 Å². The maximum atomic E-state index is 12.7. The molecular formula is C21H22N2O2S. The molecule has 3 rings (SSSR count). The zero-order valence-electron chi connectivity index (χ0n) is 15.1. The second-order valence-corrected chi connectivity index (χ2v) is 8.12. The van der Waals surface area contributed by atoms with E-state index in [-0.39, 0.29) is 4.90 Å². The van der Waals surface area contributed by atoms with E-state index in [0.29, 0.717) is 5.69 Å². The molecule has 0 spiro atoms. The van der Waals surface area contributed by atoms with Gasteiger partial charge in [0.15, 0.2) is 0 Å². The Kier molecular flexibility index (Phi) is 5.00.